The summed E-state index contributed by atoms with van der Waals surface area (Å²) in [5.41, 5.74) is 7.78. The van der Waals surface area contributed by atoms with Crippen molar-refractivity contribution in [3.8, 4) is 0 Å². The van der Waals surface area contributed by atoms with Crippen LogP contribution in [0.5, 0.6) is 0 Å². The normalized spacial score (nSPS) is 14.0. The number of benzene rings is 1. The smallest absolute Gasteiger partial charge is 0.245 e. The minimum Gasteiger partial charge on any atom is -0.456 e. The highest BCUT2D eigenvalue weighted by atomic mass is 16.3. The number of carbonyl (C=O) groups excluding carboxylic acids is 1. The van der Waals surface area contributed by atoms with Gasteiger partial charge in [-0.15, -0.1) is 0 Å². The van der Waals surface area contributed by atoms with Gasteiger partial charge in [-0.3, -0.25) is 4.79 Å². The van der Waals surface area contributed by atoms with Crippen LogP contribution in [-0.2, 0) is 11.2 Å². The molecule has 0 atom stereocenters. The van der Waals surface area contributed by atoms with E-state index in [-0.39, 0.29) is 5.91 Å². The summed E-state index contributed by atoms with van der Waals surface area (Å²) >= 11 is 0. The van der Waals surface area contributed by atoms with E-state index in [4.69, 9.17) is 10.2 Å². The first-order chi connectivity index (χ1) is 7.25. The first-order valence-corrected chi connectivity index (χ1v) is 4.76. The lowest BCUT2D eigenvalue weighted by atomic mass is 10.1. The first-order valence-electron chi connectivity index (χ1n) is 4.76. The van der Waals surface area contributed by atoms with Crippen LogP contribution in [0.1, 0.15) is 11.3 Å². The van der Waals surface area contributed by atoms with Gasteiger partial charge in [0.05, 0.1) is 0 Å². The van der Waals surface area contributed by atoms with E-state index >= 15 is 0 Å². The van der Waals surface area contributed by atoms with E-state index in [1.807, 2.05) is 24.3 Å². The molecule has 3 heteroatoms. The van der Waals surface area contributed by atoms with Crippen LogP contribution >= 0.6 is 0 Å². The molecule has 1 aromatic heterocycles. The van der Waals surface area contributed by atoms with Crippen molar-refractivity contribution in [2.45, 2.75) is 6.42 Å². The number of para-hydroxylation sites is 1. The molecule has 1 aliphatic rings. The van der Waals surface area contributed by atoms with Crippen LogP contribution in [0.25, 0.3) is 17.0 Å². The summed E-state index contributed by atoms with van der Waals surface area (Å²) in [5.74, 6) is 0.399. The number of hydrogen-bond acceptors (Lipinski definition) is 2. The molecule has 1 heterocycles. The molecule has 0 spiro atoms. The van der Waals surface area contributed by atoms with Crippen molar-refractivity contribution < 1.29 is 9.21 Å². The van der Waals surface area contributed by atoms with Crippen molar-refractivity contribution >= 4 is 23.0 Å². The second-order valence-corrected chi connectivity index (χ2v) is 3.65. The van der Waals surface area contributed by atoms with Gasteiger partial charge in [0.2, 0.25) is 5.91 Å². The van der Waals surface area contributed by atoms with Gasteiger partial charge in [0.25, 0.3) is 0 Å². The van der Waals surface area contributed by atoms with Crippen LogP contribution < -0.4 is 5.73 Å². The van der Waals surface area contributed by atoms with Crippen LogP contribution in [-0.4, -0.2) is 5.91 Å². The number of fused-ring (bicyclic) bond motifs is 3. The Bertz CT molecular complexity index is 593. The molecule has 0 aliphatic heterocycles. The summed E-state index contributed by atoms with van der Waals surface area (Å²) in [6, 6.07) is 7.81. The minimum absolute atomic E-state index is 0.370. The number of rotatable bonds is 1. The van der Waals surface area contributed by atoms with Crippen LogP contribution in [0.3, 0.4) is 0 Å². The van der Waals surface area contributed by atoms with E-state index in [1.165, 1.54) is 0 Å². The molecule has 0 saturated carbocycles. The maximum absolute atomic E-state index is 11.0. The summed E-state index contributed by atoms with van der Waals surface area (Å²) in [5, 5.41) is 1.07. The Labute approximate surface area is 86.2 Å². The number of nitrogens with two attached hydrogens (primary N) is 1. The largest absolute Gasteiger partial charge is 0.456 e. The molecule has 74 valence electrons. The van der Waals surface area contributed by atoms with Crippen molar-refractivity contribution in [3.63, 3.8) is 0 Å². The Kier molecular flexibility index (Phi) is 1.51. The van der Waals surface area contributed by atoms with E-state index in [1.54, 1.807) is 6.08 Å². The van der Waals surface area contributed by atoms with Crippen LogP contribution in [0.2, 0.25) is 0 Å². The highest BCUT2D eigenvalue weighted by molar-refractivity contribution is 6.01. The zero-order valence-corrected chi connectivity index (χ0v) is 7.99. The summed E-state index contributed by atoms with van der Waals surface area (Å²) in [6.07, 6.45) is 2.32. The third-order valence-electron chi connectivity index (χ3n) is 2.72. The molecule has 3 nitrogen and oxygen atoms in total. The standard InChI is InChI=1S/C12H9NO2/c13-12(14)7-5-9-8-3-1-2-4-10(8)15-11(9)6-7/h1-4,6H,5H2,(H2,13,14). The predicted molar refractivity (Wildman–Crippen MR) is 57.1 cm³/mol. The molecule has 0 fully saturated rings. The number of amides is 1. The Morgan fingerprint density at radius 3 is 2.93 bits per heavy atom. The molecule has 3 rings (SSSR count). The Morgan fingerprint density at radius 2 is 2.13 bits per heavy atom. The minimum atomic E-state index is -0.370. The zero-order chi connectivity index (χ0) is 10.4. The van der Waals surface area contributed by atoms with Gasteiger partial charge in [0, 0.05) is 22.9 Å². The first kappa shape index (κ1) is 8.29. The summed E-state index contributed by atoms with van der Waals surface area (Å²) in [6.45, 7) is 0. The number of hydrogen-bond donors (Lipinski definition) is 1. The summed E-state index contributed by atoms with van der Waals surface area (Å²) in [7, 11) is 0. The predicted octanol–water partition coefficient (Wildman–Crippen LogP) is 1.86. The van der Waals surface area contributed by atoms with Gasteiger partial charge in [-0.05, 0) is 12.1 Å². The van der Waals surface area contributed by atoms with Gasteiger partial charge in [-0.25, -0.2) is 0 Å². The molecule has 1 aliphatic carbocycles. The molecule has 0 unspecified atom stereocenters. The highest BCUT2D eigenvalue weighted by Crippen LogP contribution is 2.33. The van der Waals surface area contributed by atoms with Crippen LogP contribution in [0.15, 0.2) is 34.3 Å². The Morgan fingerprint density at radius 1 is 1.33 bits per heavy atom. The van der Waals surface area contributed by atoms with Crippen LogP contribution in [0.4, 0.5) is 0 Å². The SMILES string of the molecule is NC(=O)C1=Cc2oc3ccccc3c2C1. The lowest BCUT2D eigenvalue weighted by Crippen LogP contribution is -2.13. The van der Waals surface area contributed by atoms with Gasteiger partial charge in [0.15, 0.2) is 0 Å². The topological polar surface area (TPSA) is 56.2 Å². The van der Waals surface area contributed by atoms with E-state index in [0.29, 0.717) is 12.0 Å². The lowest BCUT2D eigenvalue weighted by molar-refractivity contribution is -0.114. The number of primary amides is 1. The van der Waals surface area contributed by atoms with Gasteiger partial charge in [-0.2, -0.15) is 0 Å². The molecule has 1 aromatic carbocycles. The molecule has 15 heavy (non-hydrogen) atoms. The lowest BCUT2D eigenvalue weighted by Gasteiger charge is -1.94. The van der Waals surface area contributed by atoms with Gasteiger partial charge >= 0.3 is 0 Å². The fraction of sp³-hybridized carbons (Fsp3) is 0.0833. The van der Waals surface area contributed by atoms with Crippen molar-refractivity contribution in [2.75, 3.05) is 0 Å². The molecule has 2 aromatic rings. The molecule has 2 N–H and O–H groups in total. The fourth-order valence-corrected chi connectivity index (χ4v) is 1.97. The van der Waals surface area contributed by atoms with Gasteiger partial charge in [-0.1, -0.05) is 18.2 Å². The van der Waals surface area contributed by atoms with Crippen molar-refractivity contribution in [3.05, 3.63) is 41.2 Å². The third-order valence-corrected chi connectivity index (χ3v) is 2.72. The molecular formula is C12H9NO2. The average Bonchev–Trinajstić information content (AvgIpc) is 2.73. The zero-order valence-electron chi connectivity index (χ0n) is 7.99. The average molecular weight is 199 g/mol. The second kappa shape index (κ2) is 2.73. The van der Waals surface area contributed by atoms with E-state index in [9.17, 15) is 4.79 Å². The maximum atomic E-state index is 11.0. The van der Waals surface area contributed by atoms with E-state index < -0.39 is 0 Å². The van der Waals surface area contributed by atoms with Crippen LogP contribution in [0, 0.1) is 0 Å². The second-order valence-electron chi connectivity index (χ2n) is 3.65. The number of carbonyl (C=O) groups is 1. The van der Waals surface area contributed by atoms with Crippen molar-refractivity contribution in [2.24, 2.45) is 5.73 Å². The summed E-state index contributed by atoms with van der Waals surface area (Å²) < 4.78 is 5.61. The quantitative estimate of drug-likeness (QED) is 0.762. The highest BCUT2D eigenvalue weighted by Gasteiger charge is 2.22. The molecule has 1 amide bonds. The van der Waals surface area contributed by atoms with Gasteiger partial charge < -0.3 is 10.2 Å². The molecule has 0 bridgehead atoms. The van der Waals surface area contributed by atoms with Crippen molar-refractivity contribution in [1.82, 2.24) is 0 Å². The Balaban J connectivity index is 2.22. The van der Waals surface area contributed by atoms with Gasteiger partial charge in [0.1, 0.15) is 11.3 Å². The number of furan rings is 1. The van der Waals surface area contributed by atoms with E-state index in [2.05, 4.69) is 0 Å². The summed E-state index contributed by atoms with van der Waals surface area (Å²) in [4.78, 5) is 11.0. The third kappa shape index (κ3) is 1.09. The maximum Gasteiger partial charge on any atom is 0.245 e. The van der Waals surface area contributed by atoms with E-state index in [0.717, 1.165) is 22.3 Å². The molecule has 0 radical (unpaired) electrons. The molecule has 0 saturated heterocycles. The van der Waals surface area contributed by atoms with Crippen molar-refractivity contribution in [1.29, 1.82) is 0 Å². The monoisotopic (exact) mass is 199 g/mol. The Hall–Kier alpha value is -2.03. The fourth-order valence-electron chi connectivity index (χ4n) is 1.97. The molecular weight excluding hydrogens is 190 g/mol.